The van der Waals surface area contributed by atoms with Crippen LogP contribution in [0.2, 0.25) is 0 Å². The maximum absolute atomic E-state index is 12.2. The molecule has 6 heteroatoms. The number of hydrogen-bond acceptors (Lipinski definition) is 5. The van der Waals surface area contributed by atoms with Crippen molar-refractivity contribution >= 4 is 11.9 Å². The van der Waals surface area contributed by atoms with Crippen molar-refractivity contribution < 1.29 is 24.2 Å². The molecule has 0 aromatic heterocycles. The Hall–Kier alpha value is -3.02. The molecule has 138 valence electrons. The van der Waals surface area contributed by atoms with E-state index in [0.717, 1.165) is 18.4 Å². The van der Waals surface area contributed by atoms with E-state index in [1.54, 1.807) is 0 Å². The van der Waals surface area contributed by atoms with Gasteiger partial charge in [-0.3, -0.25) is 4.79 Å². The summed E-state index contributed by atoms with van der Waals surface area (Å²) in [6.07, 6.45) is 1.68. The quantitative estimate of drug-likeness (QED) is 0.709. The number of nitrogens with one attached hydrogen (secondary N) is 1. The molecule has 0 radical (unpaired) electrons. The van der Waals surface area contributed by atoms with Gasteiger partial charge in [0.1, 0.15) is 17.1 Å². The number of carbonyl (C=O) groups excluding carboxylic acids is 2. The third kappa shape index (κ3) is 5.24. The van der Waals surface area contributed by atoms with Gasteiger partial charge < -0.3 is 19.9 Å². The Morgan fingerprint density at radius 2 is 1.88 bits per heavy atom. The Morgan fingerprint density at radius 1 is 1.15 bits per heavy atom. The van der Waals surface area contributed by atoms with Gasteiger partial charge in [0.05, 0.1) is 13.2 Å². The number of carbonyl (C=O) groups is 2. The number of benzene rings is 2. The molecule has 0 spiro atoms. The van der Waals surface area contributed by atoms with Crippen LogP contribution in [0.4, 0.5) is 0 Å². The van der Waals surface area contributed by atoms with Crippen LogP contribution in [0.15, 0.2) is 48.5 Å². The molecule has 6 nitrogen and oxygen atoms in total. The fourth-order valence-corrected chi connectivity index (χ4v) is 2.55. The van der Waals surface area contributed by atoms with Crippen LogP contribution in [0, 0.1) is 0 Å². The van der Waals surface area contributed by atoms with E-state index in [-0.39, 0.29) is 17.4 Å². The van der Waals surface area contributed by atoms with Crippen molar-refractivity contribution in [2.24, 2.45) is 0 Å². The first-order chi connectivity index (χ1) is 12.5. The Labute approximate surface area is 152 Å². The minimum absolute atomic E-state index is 0.0506. The van der Waals surface area contributed by atoms with E-state index >= 15 is 0 Å². The number of methoxy groups -OCH3 is 1. The van der Waals surface area contributed by atoms with Gasteiger partial charge in [0.2, 0.25) is 0 Å². The van der Waals surface area contributed by atoms with Gasteiger partial charge in [-0.05, 0) is 30.2 Å². The van der Waals surface area contributed by atoms with Gasteiger partial charge in [-0.15, -0.1) is 0 Å². The Morgan fingerprint density at radius 3 is 2.54 bits per heavy atom. The number of phenolic OH excluding ortho intramolecular Hbond substituents is 1. The highest BCUT2D eigenvalue weighted by molar-refractivity contribution is 5.94. The third-order valence-corrected chi connectivity index (χ3v) is 3.87. The van der Waals surface area contributed by atoms with Crippen molar-refractivity contribution in [2.45, 2.75) is 25.8 Å². The number of hydrogen-bond donors (Lipinski definition) is 2. The van der Waals surface area contributed by atoms with E-state index in [9.17, 15) is 14.7 Å². The van der Waals surface area contributed by atoms with Gasteiger partial charge in [-0.1, -0.05) is 43.7 Å². The van der Waals surface area contributed by atoms with Crippen LogP contribution >= 0.6 is 0 Å². The van der Waals surface area contributed by atoms with Gasteiger partial charge in [0.15, 0.2) is 6.61 Å². The largest absolute Gasteiger partial charge is 0.507 e. The second-order valence-electron chi connectivity index (χ2n) is 5.78. The molecule has 0 aliphatic rings. The van der Waals surface area contributed by atoms with E-state index in [0.29, 0.717) is 5.75 Å². The summed E-state index contributed by atoms with van der Waals surface area (Å²) in [6, 6.07) is 13.7. The summed E-state index contributed by atoms with van der Waals surface area (Å²) in [4.78, 5) is 24.3. The van der Waals surface area contributed by atoms with Crippen LogP contribution < -0.4 is 10.1 Å². The lowest BCUT2D eigenvalue weighted by atomic mass is 10.0. The molecule has 0 aliphatic carbocycles. The van der Waals surface area contributed by atoms with Gasteiger partial charge in [-0.25, -0.2) is 4.79 Å². The second kappa shape index (κ2) is 9.46. The molecule has 2 aromatic carbocycles. The maximum atomic E-state index is 12.2. The Balaban J connectivity index is 1.96. The van der Waals surface area contributed by atoms with Crippen LogP contribution in [0.3, 0.4) is 0 Å². The third-order valence-electron chi connectivity index (χ3n) is 3.87. The Kier molecular flexibility index (Phi) is 7.02. The standard InChI is InChI=1S/C20H23NO5/c1-3-7-17(14-8-5-4-6-9-14)21-19(23)13-26-20(24)16-12-15(25-2)10-11-18(16)22/h4-6,8-12,17,22H,3,7,13H2,1-2H3,(H,21,23)/t17-/m0/s1. The van der Waals surface area contributed by atoms with Gasteiger partial charge in [0.25, 0.3) is 5.91 Å². The first-order valence-electron chi connectivity index (χ1n) is 8.43. The highest BCUT2D eigenvalue weighted by Gasteiger charge is 2.18. The number of rotatable bonds is 8. The zero-order chi connectivity index (χ0) is 18.9. The van der Waals surface area contributed by atoms with Crippen molar-refractivity contribution in [2.75, 3.05) is 13.7 Å². The molecule has 1 amide bonds. The van der Waals surface area contributed by atoms with E-state index in [1.165, 1.54) is 25.3 Å². The molecule has 0 bridgehead atoms. The number of phenols is 1. The van der Waals surface area contributed by atoms with Crippen molar-refractivity contribution in [1.29, 1.82) is 0 Å². The van der Waals surface area contributed by atoms with Crippen molar-refractivity contribution in [3.8, 4) is 11.5 Å². The van der Waals surface area contributed by atoms with Crippen LogP contribution in [-0.4, -0.2) is 30.7 Å². The highest BCUT2D eigenvalue weighted by atomic mass is 16.5. The number of esters is 1. The summed E-state index contributed by atoms with van der Waals surface area (Å²) in [6.45, 7) is 1.61. The van der Waals surface area contributed by atoms with Crippen molar-refractivity contribution in [3.63, 3.8) is 0 Å². The van der Waals surface area contributed by atoms with Crippen molar-refractivity contribution in [1.82, 2.24) is 5.32 Å². The smallest absolute Gasteiger partial charge is 0.342 e. The van der Waals surface area contributed by atoms with E-state index < -0.39 is 18.5 Å². The Bertz CT molecular complexity index is 745. The molecular weight excluding hydrogens is 334 g/mol. The monoisotopic (exact) mass is 357 g/mol. The first-order valence-corrected chi connectivity index (χ1v) is 8.43. The van der Waals surface area contributed by atoms with Crippen LogP contribution in [-0.2, 0) is 9.53 Å². The van der Waals surface area contributed by atoms with E-state index in [1.807, 2.05) is 37.3 Å². The molecule has 0 fully saturated rings. The van der Waals surface area contributed by atoms with E-state index in [4.69, 9.17) is 9.47 Å². The molecule has 0 saturated carbocycles. The highest BCUT2D eigenvalue weighted by Crippen LogP contribution is 2.23. The summed E-state index contributed by atoms with van der Waals surface area (Å²) in [7, 11) is 1.45. The molecule has 2 aromatic rings. The van der Waals surface area contributed by atoms with Gasteiger partial charge in [0, 0.05) is 0 Å². The molecule has 1 atom stereocenters. The van der Waals surface area contributed by atoms with Crippen molar-refractivity contribution in [3.05, 3.63) is 59.7 Å². The first kappa shape index (κ1) is 19.3. The van der Waals surface area contributed by atoms with Gasteiger partial charge >= 0.3 is 5.97 Å². The fourth-order valence-electron chi connectivity index (χ4n) is 2.55. The minimum atomic E-state index is -0.789. The second-order valence-corrected chi connectivity index (χ2v) is 5.78. The van der Waals surface area contributed by atoms with Crippen LogP contribution in [0.5, 0.6) is 11.5 Å². The maximum Gasteiger partial charge on any atom is 0.342 e. The van der Waals surface area contributed by atoms with Crippen LogP contribution in [0.1, 0.15) is 41.7 Å². The molecular formula is C20H23NO5. The molecule has 26 heavy (non-hydrogen) atoms. The molecule has 0 heterocycles. The summed E-state index contributed by atoms with van der Waals surface area (Å²) in [5.74, 6) is -1.01. The predicted octanol–water partition coefficient (Wildman–Crippen LogP) is 3.22. The average molecular weight is 357 g/mol. The number of ether oxygens (including phenoxy) is 2. The van der Waals surface area contributed by atoms with E-state index in [2.05, 4.69) is 5.32 Å². The summed E-state index contributed by atoms with van der Waals surface area (Å²) < 4.78 is 10.0. The lowest BCUT2D eigenvalue weighted by Gasteiger charge is -2.18. The molecule has 0 aliphatic heterocycles. The van der Waals surface area contributed by atoms with Gasteiger partial charge in [-0.2, -0.15) is 0 Å². The lowest BCUT2D eigenvalue weighted by Crippen LogP contribution is -2.32. The molecule has 2 N–H and O–H groups in total. The predicted molar refractivity (Wildman–Crippen MR) is 97.2 cm³/mol. The molecule has 0 saturated heterocycles. The zero-order valence-corrected chi connectivity index (χ0v) is 14.9. The summed E-state index contributed by atoms with van der Waals surface area (Å²) >= 11 is 0. The molecule has 0 unspecified atom stereocenters. The summed E-state index contributed by atoms with van der Waals surface area (Å²) in [5.41, 5.74) is 0.949. The average Bonchev–Trinajstić information content (AvgIpc) is 2.67. The normalized spacial score (nSPS) is 11.5. The molecule has 2 rings (SSSR count). The lowest BCUT2D eigenvalue weighted by molar-refractivity contribution is -0.125. The topological polar surface area (TPSA) is 84.9 Å². The SMILES string of the molecule is CCC[C@H](NC(=O)COC(=O)c1cc(OC)ccc1O)c1ccccc1. The zero-order valence-electron chi connectivity index (χ0n) is 14.9. The number of aromatic hydroxyl groups is 1. The fraction of sp³-hybridized carbons (Fsp3) is 0.300. The minimum Gasteiger partial charge on any atom is -0.507 e. The number of amides is 1. The summed E-state index contributed by atoms with van der Waals surface area (Å²) in [5, 5.41) is 12.6. The van der Waals surface area contributed by atoms with Crippen LogP contribution in [0.25, 0.3) is 0 Å².